The fraction of sp³-hybridized carbons (Fsp3) is 0.400. The van der Waals surface area contributed by atoms with E-state index >= 15 is 0 Å². The Kier molecular flexibility index (Phi) is 5.19. The molecule has 3 nitrogen and oxygen atoms in total. The molecule has 0 radical (unpaired) electrons. The Bertz CT molecular complexity index is 607. The van der Waals surface area contributed by atoms with E-state index in [1.807, 2.05) is 6.92 Å². The maximum absolute atomic E-state index is 5.52. The van der Waals surface area contributed by atoms with Crippen molar-refractivity contribution in [1.29, 1.82) is 0 Å². The SMILES string of the molecule is CCOc1ccc(CN2CCC[C@@H]2c2ccc(OC)cc2)cc1. The van der Waals surface area contributed by atoms with Crippen LogP contribution in [0, 0.1) is 0 Å². The number of hydrogen-bond acceptors (Lipinski definition) is 3. The van der Waals surface area contributed by atoms with Crippen LogP contribution in [0.4, 0.5) is 0 Å². The summed E-state index contributed by atoms with van der Waals surface area (Å²) in [5.74, 6) is 1.87. The van der Waals surface area contributed by atoms with Gasteiger partial charge < -0.3 is 9.47 Å². The third-order valence-electron chi connectivity index (χ3n) is 4.48. The van der Waals surface area contributed by atoms with Gasteiger partial charge in [0.25, 0.3) is 0 Å². The molecular formula is C20H25NO2. The zero-order chi connectivity index (χ0) is 16.1. The van der Waals surface area contributed by atoms with Crippen molar-refractivity contribution in [3.8, 4) is 11.5 Å². The Balaban J connectivity index is 1.68. The molecule has 0 saturated carbocycles. The van der Waals surface area contributed by atoms with Crippen LogP contribution in [-0.4, -0.2) is 25.2 Å². The third-order valence-corrected chi connectivity index (χ3v) is 4.48. The van der Waals surface area contributed by atoms with Gasteiger partial charge in [0.15, 0.2) is 0 Å². The number of ether oxygens (including phenoxy) is 2. The second kappa shape index (κ2) is 7.51. The lowest BCUT2D eigenvalue weighted by Gasteiger charge is -2.25. The summed E-state index contributed by atoms with van der Waals surface area (Å²) in [6, 6.07) is 17.5. The Labute approximate surface area is 138 Å². The summed E-state index contributed by atoms with van der Waals surface area (Å²) in [4.78, 5) is 2.57. The number of likely N-dealkylation sites (tertiary alicyclic amines) is 1. The highest BCUT2D eigenvalue weighted by Gasteiger charge is 2.25. The van der Waals surface area contributed by atoms with Crippen molar-refractivity contribution in [2.24, 2.45) is 0 Å². The molecule has 3 rings (SSSR count). The molecule has 1 fully saturated rings. The zero-order valence-electron chi connectivity index (χ0n) is 14.0. The summed E-state index contributed by atoms with van der Waals surface area (Å²) in [6.45, 7) is 4.87. The van der Waals surface area contributed by atoms with Gasteiger partial charge in [0.2, 0.25) is 0 Å². The van der Waals surface area contributed by atoms with Gasteiger partial charge in [-0.2, -0.15) is 0 Å². The van der Waals surface area contributed by atoms with Crippen molar-refractivity contribution in [2.75, 3.05) is 20.3 Å². The average Bonchev–Trinajstić information content (AvgIpc) is 3.05. The van der Waals surface area contributed by atoms with Crippen molar-refractivity contribution in [3.63, 3.8) is 0 Å². The van der Waals surface area contributed by atoms with E-state index in [1.54, 1.807) is 7.11 Å². The van der Waals surface area contributed by atoms with Gasteiger partial charge in [-0.25, -0.2) is 0 Å². The quantitative estimate of drug-likeness (QED) is 0.787. The highest BCUT2D eigenvalue weighted by Crippen LogP contribution is 2.34. The second-order valence-corrected chi connectivity index (χ2v) is 5.98. The summed E-state index contributed by atoms with van der Waals surface area (Å²) in [7, 11) is 1.71. The molecule has 2 aromatic carbocycles. The van der Waals surface area contributed by atoms with Gasteiger partial charge in [-0.05, 0) is 61.7 Å². The van der Waals surface area contributed by atoms with Gasteiger partial charge in [0.05, 0.1) is 13.7 Å². The van der Waals surface area contributed by atoms with E-state index in [4.69, 9.17) is 9.47 Å². The highest BCUT2D eigenvalue weighted by atomic mass is 16.5. The molecule has 0 N–H and O–H groups in total. The van der Waals surface area contributed by atoms with Crippen LogP contribution in [0.3, 0.4) is 0 Å². The van der Waals surface area contributed by atoms with Crippen molar-refractivity contribution >= 4 is 0 Å². The molecule has 0 spiro atoms. The molecule has 0 aromatic heterocycles. The molecule has 1 heterocycles. The van der Waals surface area contributed by atoms with E-state index in [-0.39, 0.29) is 0 Å². The first-order chi connectivity index (χ1) is 11.3. The van der Waals surface area contributed by atoms with Crippen LogP contribution in [0.15, 0.2) is 48.5 Å². The van der Waals surface area contributed by atoms with Gasteiger partial charge in [-0.15, -0.1) is 0 Å². The van der Waals surface area contributed by atoms with Crippen LogP contribution in [0.1, 0.15) is 36.9 Å². The Morgan fingerprint density at radius 3 is 2.35 bits per heavy atom. The summed E-state index contributed by atoms with van der Waals surface area (Å²) < 4.78 is 10.8. The van der Waals surface area contributed by atoms with Gasteiger partial charge in [-0.3, -0.25) is 4.90 Å². The minimum Gasteiger partial charge on any atom is -0.497 e. The van der Waals surface area contributed by atoms with Crippen LogP contribution in [-0.2, 0) is 6.54 Å². The van der Waals surface area contributed by atoms with E-state index in [0.29, 0.717) is 12.6 Å². The number of rotatable bonds is 6. The molecule has 3 heteroatoms. The van der Waals surface area contributed by atoms with Crippen LogP contribution in [0.25, 0.3) is 0 Å². The topological polar surface area (TPSA) is 21.7 Å². The molecule has 1 atom stereocenters. The minimum absolute atomic E-state index is 0.507. The van der Waals surface area contributed by atoms with Gasteiger partial charge in [-0.1, -0.05) is 24.3 Å². The van der Waals surface area contributed by atoms with Crippen LogP contribution < -0.4 is 9.47 Å². The number of hydrogen-bond donors (Lipinski definition) is 0. The Hall–Kier alpha value is -2.00. The summed E-state index contributed by atoms with van der Waals surface area (Å²) in [5, 5.41) is 0. The first-order valence-corrected chi connectivity index (χ1v) is 8.40. The molecular weight excluding hydrogens is 286 g/mol. The molecule has 1 saturated heterocycles. The smallest absolute Gasteiger partial charge is 0.119 e. The highest BCUT2D eigenvalue weighted by molar-refractivity contribution is 5.30. The van der Waals surface area contributed by atoms with Crippen molar-refractivity contribution in [2.45, 2.75) is 32.4 Å². The Morgan fingerprint density at radius 1 is 1.00 bits per heavy atom. The van der Waals surface area contributed by atoms with Crippen molar-refractivity contribution in [3.05, 3.63) is 59.7 Å². The van der Waals surface area contributed by atoms with Crippen LogP contribution >= 0.6 is 0 Å². The summed E-state index contributed by atoms with van der Waals surface area (Å²) in [5.41, 5.74) is 2.73. The van der Waals surface area contributed by atoms with E-state index in [9.17, 15) is 0 Å². The maximum atomic E-state index is 5.52. The fourth-order valence-corrected chi connectivity index (χ4v) is 3.31. The molecule has 0 unspecified atom stereocenters. The lowest BCUT2D eigenvalue weighted by Crippen LogP contribution is -2.22. The number of benzene rings is 2. The third kappa shape index (κ3) is 3.85. The first-order valence-electron chi connectivity index (χ1n) is 8.40. The van der Waals surface area contributed by atoms with Gasteiger partial charge >= 0.3 is 0 Å². The standard InChI is InChI=1S/C20H25NO2/c1-3-23-19-10-6-16(7-11-19)15-21-14-4-5-20(21)17-8-12-18(22-2)13-9-17/h6-13,20H,3-5,14-15H2,1-2H3/t20-/m1/s1. The van der Waals surface area contributed by atoms with E-state index in [0.717, 1.165) is 24.6 Å². The predicted octanol–water partition coefficient (Wildman–Crippen LogP) is 4.43. The molecule has 1 aliphatic heterocycles. The lowest BCUT2D eigenvalue weighted by molar-refractivity contribution is 0.248. The lowest BCUT2D eigenvalue weighted by atomic mass is 10.0. The largest absolute Gasteiger partial charge is 0.497 e. The van der Waals surface area contributed by atoms with E-state index in [1.165, 1.54) is 24.0 Å². The Morgan fingerprint density at radius 2 is 1.70 bits per heavy atom. The van der Waals surface area contributed by atoms with Crippen molar-refractivity contribution in [1.82, 2.24) is 4.90 Å². The van der Waals surface area contributed by atoms with Crippen LogP contribution in [0.5, 0.6) is 11.5 Å². The fourth-order valence-electron chi connectivity index (χ4n) is 3.31. The molecule has 23 heavy (non-hydrogen) atoms. The normalized spacial score (nSPS) is 18.1. The summed E-state index contributed by atoms with van der Waals surface area (Å²) >= 11 is 0. The number of methoxy groups -OCH3 is 1. The van der Waals surface area contributed by atoms with Gasteiger partial charge in [0, 0.05) is 12.6 Å². The molecule has 0 bridgehead atoms. The summed E-state index contributed by atoms with van der Waals surface area (Å²) in [6.07, 6.45) is 2.48. The van der Waals surface area contributed by atoms with Crippen LogP contribution in [0.2, 0.25) is 0 Å². The molecule has 0 aliphatic carbocycles. The second-order valence-electron chi connectivity index (χ2n) is 5.98. The van der Waals surface area contributed by atoms with Crippen molar-refractivity contribution < 1.29 is 9.47 Å². The molecule has 1 aliphatic rings. The van der Waals surface area contributed by atoms with E-state index in [2.05, 4.69) is 53.4 Å². The predicted molar refractivity (Wildman–Crippen MR) is 93.0 cm³/mol. The molecule has 2 aromatic rings. The first kappa shape index (κ1) is 15.9. The minimum atomic E-state index is 0.507. The monoisotopic (exact) mass is 311 g/mol. The zero-order valence-corrected chi connectivity index (χ0v) is 14.0. The number of nitrogens with zero attached hydrogens (tertiary/aromatic N) is 1. The maximum Gasteiger partial charge on any atom is 0.119 e. The molecule has 0 amide bonds. The molecule has 122 valence electrons. The van der Waals surface area contributed by atoms with E-state index < -0.39 is 0 Å². The van der Waals surface area contributed by atoms with Gasteiger partial charge in [0.1, 0.15) is 11.5 Å². The average molecular weight is 311 g/mol.